The van der Waals surface area contributed by atoms with Crippen LogP contribution in [0.2, 0.25) is 0 Å². The third-order valence-electron chi connectivity index (χ3n) is 2.90. The summed E-state index contributed by atoms with van der Waals surface area (Å²) in [5.74, 6) is 0. The second kappa shape index (κ2) is 5.49. The van der Waals surface area contributed by atoms with Crippen LogP contribution in [0.25, 0.3) is 0 Å². The van der Waals surface area contributed by atoms with Crippen LogP contribution in [0.3, 0.4) is 0 Å². The lowest BCUT2D eigenvalue weighted by Gasteiger charge is -2.40. The molecule has 0 saturated carbocycles. The van der Waals surface area contributed by atoms with E-state index in [2.05, 4.69) is 18.8 Å². The first-order chi connectivity index (χ1) is 6.72. The molecule has 1 heterocycles. The predicted octanol–water partition coefficient (Wildman–Crippen LogP) is 1.05. The zero-order valence-electron chi connectivity index (χ0n) is 9.09. The summed E-state index contributed by atoms with van der Waals surface area (Å²) in [7, 11) is 0. The van der Waals surface area contributed by atoms with Crippen molar-refractivity contribution in [3.05, 3.63) is 12.7 Å². The van der Waals surface area contributed by atoms with Crippen molar-refractivity contribution >= 4 is 0 Å². The Hall–Kier alpha value is -0.380. The number of ether oxygens (including phenoxy) is 1. The van der Waals surface area contributed by atoms with Crippen LogP contribution in [0.1, 0.15) is 26.2 Å². The minimum atomic E-state index is 0.0979. The molecule has 0 aromatic rings. The Morgan fingerprint density at radius 2 is 2.50 bits per heavy atom. The molecular formula is C11H22N2O. The van der Waals surface area contributed by atoms with Crippen LogP contribution in [0, 0.1) is 0 Å². The molecule has 0 aromatic carbocycles. The smallest absolute Gasteiger partial charge is 0.0565 e. The molecule has 14 heavy (non-hydrogen) atoms. The lowest BCUT2D eigenvalue weighted by atomic mass is 9.87. The molecule has 2 unspecified atom stereocenters. The molecule has 3 nitrogen and oxygen atoms in total. The number of nitrogens with two attached hydrogens (primary N) is 1. The van der Waals surface area contributed by atoms with Gasteiger partial charge in [-0.05, 0) is 32.7 Å². The van der Waals surface area contributed by atoms with E-state index in [9.17, 15) is 0 Å². The number of hydrogen-bond donors (Lipinski definition) is 2. The maximum atomic E-state index is 5.84. The summed E-state index contributed by atoms with van der Waals surface area (Å²) in [4.78, 5) is 0. The Labute approximate surface area is 86.7 Å². The first kappa shape index (κ1) is 11.7. The van der Waals surface area contributed by atoms with Crippen molar-refractivity contribution in [2.75, 3.05) is 19.7 Å². The van der Waals surface area contributed by atoms with Gasteiger partial charge in [0.1, 0.15) is 0 Å². The average molecular weight is 198 g/mol. The summed E-state index contributed by atoms with van der Waals surface area (Å²) >= 11 is 0. The number of rotatable bonds is 5. The van der Waals surface area contributed by atoms with Gasteiger partial charge in [-0.3, -0.25) is 0 Å². The topological polar surface area (TPSA) is 47.3 Å². The molecule has 1 aliphatic rings. The third kappa shape index (κ3) is 3.08. The van der Waals surface area contributed by atoms with E-state index in [0.29, 0.717) is 12.6 Å². The van der Waals surface area contributed by atoms with Gasteiger partial charge in [-0.2, -0.15) is 0 Å². The van der Waals surface area contributed by atoms with Crippen molar-refractivity contribution in [1.82, 2.24) is 5.32 Å². The van der Waals surface area contributed by atoms with E-state index in [4.69, 9.17) is 10.5 Å². The van der Waals surface area contributed by atoms with Crippen LogP contribution in [-0.2, 0) is 4.74 Å². The number of hydrogen-bond acceptors (Lipinski definition) is 3. The van der Waals surface area contributed by atoms with Crippen LogP contribution in [0.15, 0.2) is 12.7 Å². The van der Waals surface area contributed by atoms with Gasteiger partial charge in [0.2, 0.25) is 0 Å². The molecule has 1 rings (SSSR count). The van der Waals surface area contributed by atoms with Gasteiger partial charge in [-0.25, -0.2) is 0 Å². The van der Waals surface area contributed by atoms with Crippen molar-refractivity contribution in [2.24, 2.45) is 5.73 Å². The summed E-state index contributed by atoms with van der Waals surface area (Å²) in [6, 6.07) is 0. The van der Waals surface area contributed by atoms with Gasteiger partial charge in [-0.1, -0.05) is 6.08 Å². The van der Waals surface area contributed by atoms with Gasteiger partial charge < -0.3 is 15.8 Å². The second-order valence-electron chi connectivity index (χ2n) is 4.12. The van der Waals surface area contributed by atoms with Crippen molar-refractivity contribution in [1.29, 1.82) is 0 Å². The predicted molar refractivity (Wildman–Crippen MR) is 59.3 cm³/mol. The largest absolute Gasteiger partial charge is 0.378 e. The molecule has 0 spiro atoms. The van der Waals surface area contributed by atoms with E-state index in [0.717, 1.165) is 32.4 Å². The Balaban J connectivity index is 2.42. The summed E-state index contributed by atoms with van der Waals surface area (Å²) in [6.07, 6.45) is 5.28. The SMILES string of the molecule is C=CCCNC1(CN)CCOC(C)C1. The molecule has 0 radical (unpaired) electrons. The molecule has 0 bridgehead atoms. The lowest BCUT2D eigenvalue weighted by molar-refractivity contribution is -0.0159. The Morgan fingerprint density at radius 1 is 1.71 bits per heavy atom. The molecule has 2 atom stereocenters. The lowest BCUT2D eigenvalue weighted by Crippen LogP contribution is -2.56. The minimum absolute atomic E-state index is 0.0979. The zero-order valence-corrected chi connectivity index (χ0v) is 9.09. The highest BCUT2D eigenvalue weighted by molar-refractivity contribution is 4.93. The molecule has 1 aliphatic heterocycles. The minimum Gasteiger partial charge on any atom is -0.378 e. The summed E-state index contributed by atoms with van der Waals surface area (Å²) in [5, 5.41) is 3.54. The molecule has 0 amide bonds. The van der Waals surface area contributed by atoms with Crippen LogP contribution >= 0.6 is 0 Å². The normalized spacial score (nSPS) is 32.9. The second-order valence-corrected chi connectivity index (χ2v) is 4.12. The fourth-order valence-electron chi connectivity index (χ4n) is 2.02. The molecule has 0 aliphatic carbocycles. The van der Waals surface area contributed by atoms with Gasteiger partial charge in [-0.15, -0.1) is 6.58 Å². The Kier molecular flexibility index (Phi) is 4.58. The maximum Gasteiger partial charge on any atom is 0.0565 e. The monoisotopic (exact) mass is 198 g/mol. The van der Waals surface area contributed by atoms with Gasteiger partial charge in [0.05, 0.1) is 6.10 Å². The first-order valence-corrected chi connectivity index (χ1v) is 5.40. The summed E-state index contributed by atoms with van der Waals surface area (Å²) < 4.78 is 5.53. The van der Waals surface area contributed by atoms with E-state index in [1.165, 1.54) is 0 Å². The van der Waals surface area contributed by atoms with E-state index in [1.807, 2.05) is 6.08 Å². The van der Waals surface area contributed by atoms with Gasteiger partial charge in [0.15, 0.2) is 0 Å². The van der Waals surface area contributed by atoms with Gasteiger partial charge >= 0.3 is 0 Å². The van der Waals surface area contributed by atoms with Crippen molar-refractivity contribution in [3.8, 4) is 0 Å². The summed E-state index contributed by atoms with van der Waals surface area (Å²) in [6.45, 7) is 8.30. The Morgan fingerprint density at radius 3 is 3.07 bits per heavy atom. The molecular weight excluding hydrogens is 176 g/mol. The van der Waals surface area contributed by atoms with E-state index < -0.39 is 0 Å². The van der Waals surface area contributed by atoms with Crippen LogP contribution < -0.4 is 11.1 Å². The van der Waals surface area contributed by atoms with Crippen molar-refractivity contribution in [3.63, 3.8) is 0 Å². The molecule has 1 saturated heterocycles. The highest BCUT2D eigenvalue weighted by atomic mass is 16.5. The third-order valence-corrected chi connectivity index (χ3v) is 2.90. The average Bonchev–Trinajstić information content (AvgIpc) is 2.18. The van der Waals surface area contributed by atoms with Crippen LogP contribution in [0.4, 0.5) is 0 Å². The Bertz CT molecular complexity index is 184. The van der Waals surface area contributed by atoms with E-state index in [1.54, 1.807) is 0 Å². The van der Waals surface area contributed by atoms with Gasteiger partial charge in [0, 0.05) is 18.7 Å². The van der Waals surface area contributed by atoms with E-state index in [-0.39, 0.29) is 5.54 Å². The summed E-state index contributed by atoms with van der Waals surface area (Å²) in [5.41, 5.74) is 5.94. The first-order valence-electron chi connectivity index (χ1n) is 5.40. The quantitative estimate of drug-likeness (QED) is 0.513. The van der Waals surface area contributed by atoms with Crippen molar-refractivity contribution in [2.45, 2.75) is 37.8 Å². The van der Waals surface area contributed by atoms with E-state index >= 15 is 0 Å². The number of nitrogens with one attached hydrogen (secondary N) is 1. The van der Waals surface area contributed by atoms with Crippen molar-refractivity contribution < 1.29 is 4.74 Å². The molecule has 82 valence electrons. The molecule has 0 aromatic heterocycles. The van der Waals surface area contributed by atoms with Gasteiger partial charge in [0.25, 0.3) is 0 Å². The molecule has 3 N–H and O–H groups in total. The fourth-order valence-corrected chi connectivity index (χ4v) is 2.02. The maximum absolute atomic E-state index is 5.84. The van der Waals surface area contributed by atoms with Crippen LogP contribution in [0.5, 0.6) is 0 Å². The highest BCUT2D eigenvalue weighted by Gasteiger charge is 2.33. The fraction of sp³-hybridized carbons (Fsp3) is 0.818. The highest BCUT2D eigenvalue weighted by Crippen LogP contribution is 2.23. The molecule has 1 fully saturated rings. The molecule has 3 heteroatoms. The standard InChI is InChI=1S/C11H22N2O/c1-3-4-6-13-11(9-12)5-7-14-10(2)8-11/h3,10,13H,1,4-9,12H2,2H3. The van der Waals surface area contributed by atoms with Crippen LogP contribution in [-0.4, -0.2) is 31.3 Å². The zero-order chi connectivity index (χ0) is 10.4.